The highest BCUT2D eigenvalue weighted by Crippen LogP contribution is 2.29. The van der Waals surface area contributed by atoms with Crippen LogP contribution in [0.1, 0.15) is 0 Å². The number of hydrogen-bond acceptors (Lipinski definition) is 7. The smallest absolute Gasteiger partial charge is 0.233 e. The maximum absolute atomic E-state index is 13.0. The lowest BCUT2D eigenvalue weighted by molar-refractivity contribution is -0.128. The van der Waals surface area contributed by atoms with Crippen LogP contribution in [0.3, 0.4) is 0 Å². The molecule has 2 aromatic heterocycles. The molecule has 9 heteroatoms. The van der Waals surface area contributed by atoms with Gasteiger partial charge < -0.3 is 14.5 Å². The van der Waals surface area contributed by atoms with Crippen LogP contribution in [0.4, 0.5) is 5.95 Å². The molecule has 0 unspecified atom stereocenters. The number of thioether (sulfide) groups is 1. The SMILES string of the molecule is COc1ccc(-n2c(SCC(=O)N3CCN(c4ncccn4)CC3)nc3ccccc32)cc1. The number of imidazole rings is 1. The number of benzene rings is 2. The van der Waals surface area contributed by atoms with E-state index < -0.39 is 0 Å². The van der Waals surface area contributed by atoms with Gasteiger partial charge in [-0.15, -0.1) is 0 Å². The normalized spacial score (nSPS) is 14.0. The number of para-hydroxylation sites is 2. The molecule has 1 saturated heterocycles. The van der Waals surface area contributed by atoms with E-state index in [1.807, 2.05) is 53.4 Å². The van der Waals surface area contributed by atoms with Crippen molar-refractivity contribution >= 4 is 34.7 Å². The first-order valence-corrected chi connectivity index (χ1v) is 11.8. The van der Waals surface area contributed by atoms with E-state index in [0.29, 0.717) is 24.8 Å². The van der Waals surface area contributed by atoms with Gasteiger partial charge in [-0.2, -0.15) is 0 Å². The van der Waals surface area contributed by atoms with Crippen LogP contribution in [-0.4, -0.2) is 69.4 Å². The lowest BCUT2D eigenvalue weighted by Gasteiger charge is -2.34. The summed E-state index contributed by atoms with van der Waals surface area (Å²) in [6, 6.07) is 17.7. The molecule has 8 nitrogen and oxygen atoms in total. The van der Waals surface area contributed by atoms with E-state index in [1.165, 1.54) is 11.8 Å². The van der Waals surface area contributed by atoms with E-state index in [0.717, 1.165) is 40.7 Å². The summed E-state index contributed by atoms with van der Waals surface area (Å²) in [5.41, 5.74) is 2.89. The van der Waals surface area contributed by atoms with Gasteiger partial charge in [0.15, 0.2) is 5.16 Å². The Bertz CT molecular complexity index is 1240. The second-order valence-corrected chi connectivity index (χ2v) is 8.56. The molecule has 0 bridgehead atoms. The molecule has 0 N–H and O–H groups in total. The van der Waals surface area contributed by atoms with Crippen LogP contribution in [-0.2, 0) is 4.79 Å². The van der Waals surface area contributed by atoms with Crippen molar-refractivity contribution in [1.82, 2.24) is 24.4 Å². The average molecular weight is 461 g/mol. The third-order valence-electron chi connectivity index (χ3n) is 5.65. The summed E-state index contributed by atoms with van der Waals surface area (Å²) in [6.45, 7) is 2.77. The Hall–Kier alpha value is -3.59. The maximum atomic E-state index is 13.0. The lowest BCUT2D eigenvalue weighted by atomic mass is 10.2. The first-order valence-electron chi connectivity index (χ1n) is 10.8. The van der Waals surface area contributed by atoms with Crippen LogP contribution in [0.5, 0.6) is 5.75 Å². The molecular formula is C24H24N6O2S. The quantitative estimate of drug-likeness (QED) is 0.409. The highest BCUT2D eigenvalue weighted by Gasteiger charge is 2.23. The lowest BCUT2D eigenvalue weighted by Crippen LogP contribution is -2.49. The molecule has 0 spiro atoms. The highest BCUT2D eigenvalue weighted by atomic mass is 32.2. The van der Waals surface area contributed by atoms with Crippen molar-refractivity contribution in [2.24, 2.45) is 0 Å². The minimum Gasteiger partial charge on any atom is -0.497 e. The highest BCUT2D eigenvalue weighted by molar-refractivity contribution is 7.99. The largest absolute Gasteiger partial charge is 0.497 e. The topological polar surface area (TPSA) is 76.4 Å². The van der Waals surface area contributed by atoms with E-state index in [2.05, 4.69) is 19.4 Å². The monoisotopic (exact) mass is 460 g/mol. The van der Waals surface area contributed by atoms with Gasteiger partial charge in [-0.1, -0.05) is 23.9 Å². The molecular weight excluding hydrogens is 436 g/mol. The number of ether oxygens (including phenoxy) is 1. The van der Waals surface area contributed by atoms with Crippen LogP contribution in [0, 0.1) is 0 Å². The van der Waals surface area contributed by atoms with Crippen molar-refractivity contribution in [3.63, 3.8) is 0 Å². The molecule has 0 aliphatic carbocycles. The van der Waals surface area contributed by atoms with Gasteiger partial charge in [0.25, 0.3) is 0 Å². The number of amides is 1. The number of fused-ring (bicyclic) bond motifs is 1. The molecule has 4 aromatic rings. The second-order valence-electron chi connectivity index (χ2n) is 7.62. The number of carbonyl (C=O) groups is 1. The fourth-order valence-corrected chi connectivity index (χ4v) is 4.84. The van der Waals surface area contributed by atoms with Crippen molar-refractivity contribution in [1.29, 1.82) is 0 Å². The number of aromatic nitrogens is 4. The van der Waals surface area contributed by atoms with Gasteiger partial charge >= 0.3 is 0 Å². The van der Waals surface area contributed by atoms with Gasteiger partial charge in [0.05, 0.1) is 23.9 Å². The Labute approximate surface area is 196 Å². The fourth-order valence-electron chi connectivity index (χ4n) is 3.91. The molecule has 33 heavy (non-hydrogen) atoms. The zero-order valence-electron chi connectivity index (χ0n) is 18.3. The van der Waals surface area contributed by atoms with Gasteiger partial charge in [-0.05, 0) is 42.5 Å². The van der Waals surface area contributed by atoms with Gasteiger partial charge in [0.2, 0.25) is 11.9 Å². The third kappa shape index (κ3) is 4.49. The van der Waals surface area contributed by atoms with Crippen molar-refractivity contribution in [3.8, 4) is 11.4 Å². The number of piperazine rings is 1. The molecule has 5 rings (SSSR count). The summed E-state index contributed by atoms with van der Waals surface area (Å²) >= 11 is 1.47. The average Bonchev–Trinajstić information content (AvgIpc) is 3.26. The zero-order chi connectivity index (χ0) is 22.6. The van der Waals surface area contributed by atoms with Crippen LogP contribution in [0.25, 0.3) is 16.7 Å². The molecule has 1 aliphatic heterocycles. The van der Waals surface area contributed by atoms with Gasteiger partial charge in [0, 0.05) is 44.3 Å². The molecule has 0 radical (unpaired) electrons. The summed E-state index contributed by atoms with van der Waals surface area (Å²) in [5.74, 6) is 1.96. The standard InChI is InChI=1S/C24H24N6O2S/c1-32-19-9-7-18(8-10-19)30-21-6-3-2-5-20(21)27-24(30)33-17-22(31)28-13-15-29(16-14-28)23-25-11-4-12-26-23/h2-12H,13-17H2,1H3. The van der Waals surface area contributed by atoms with Crippen molar-refractivity contribution < 1.29 is 9.53 Å². The minimum atomic E-state index is 0.113. The van der Waals surface area contributed by atoms with Gasteiger partial charge in [-0.25, -0.2) is 15.0 Å². The van der Waals surface area contributed by atoms with Gasteiger partial charge in [0.1, 0.15) is 5.75 Å². The summed E-state index contributed by atoms with van der Waals surface area (Å²) in [7, 11) is 1.65. The predicted molar refractivity (Wildman–Crippen MR) is 129 cm³/mol. The third-order valence-corrected chi connectivity index (χ3v) is 6.58. The molecule has 3 heterocycles. The van der Waals surface area contributed by atoms with Crippen LogP contribution in [0.2, 0.25) is 0 Å². The Balaban J connectivity index is 1.29. The number of carbonyl (C=O) groups excluding carboxylic acids is 1. The Morgan fingerprint density at radius 3 is 2.42 bits per heavy atom. The summed E-state index contributed by atoms with van der Waals surface area (Å²) in [5, 5.41) is 0.797. The van der Waals surface area contributed by atoms with Gasteiger partial charge in [-0.3, -0.25) is 9.36 Å². The van der Waals surface area contributed by atoms with E-state index >= 15 is 0 Å². The van der Waals surface area contributed by atoms with E-state index in [-0.39, 0.29) is 5.91 Å². The number of nitrogens with zero attached hydrogens (tertiary/aromatic N) is 6. The van der Waals surface area contributed by atoms with Crippen LogP contribution in [0.15, 0.2) is 72.1 Å². The summed E-state index contributed by atoms with van der Waals surface area (Å²) < 4.78 is 7.39. The minimum absolute atomic E-state index is 0.113. The van der Waals surface area contributed by atoms with Crippen LogP contribution < -0.4 is 9.64 Å². The Kier molecular flexibility index (Phi) is 6.12. The predicted octanol–water partition coefficient (Wildman–Crippen LogP) is 3.27. The summed E-state index contributed by atoms with van der Waals surface area (Å²) in [6.07, 6.45) is 3.48. The van der Waals surface area contributed by atoms with E-state index in [1.54, 1.807) is 25.6 Å². The number of anilines is 1. The van der Waals surface area contributed by atoms with E-state index in [9.17, 15) is 4.79 Å². The molecule has 1 amide bonds. The van der Waals surface area contributed by atoms with Crippen molar-refractivity contribution in [2.75, 3.05) is 43.9 Å². The number of methoxy groups -OCH3 is 1. The Morgan fingerprint density at radius 1 is 0.970 bits per heavy atom. The van der Waals surface area contributed by atoms with Crippen LogP contribution >= 0.6 is 11.8 Å². The molecule has 0 atom stereocenters. The molecule has 1 fully saturated rings. The van der Waals surface area contributed by atoms with Crippen molar-refractivity contribution in [2.45, 2.75) is 5.16 Å². The fraction of sp³-hybridized carbons (Fsp3) is 0.250. The number of hydrogen-bond donors (Lipinski definition) is 0. The first-order chi connectivity index (χ1) is 16.2. The Morgan fingerprint density at radius 2 is 1.70 bits per heavy atom. The molecule has 0 saturated carbocycles. The maximum Gasteiger partial charge on any atom is 0.233 e. The first kappa shape index (κ1) is 21.3. The molecule has 168 valence electrons. The van der Waals surface area contributed by atoms with E-state index in [4.69, 9.17) is 9.72 Å². The molecule has 2 aromatic carbocycles. The second kappa shape index (κ2) is 9.50. The summed E-state index contributed by atoms with van der Waals surface area (Å²) in [4.78, 5) is 30.4. The molecule has 1 aliphatic rings. The zero-order valence-corrected chi connectivity index (χ0v) is 19.1. The number of rotatable bonds is 6. The van der Waals surface area contributed by atoms with Crippen molar-refractivity contribution in [3.05, 3.63) is 67.0 Å².